The lowest BCUT2D eigenvalue weighted by Crippen LogP contribution is -2.53. The molecular formula is C17H27N3O4. The van der Waals surface area contributed by atoms with Crippen LogP contribution in [0.2, 0.25) is 0 Å². The molecule has 1 rings (SSSR count). The van der Waals surface area contributed by atoms with Crippen molar-refractivity contribution in [2.75, 3.05) is 13.1 Å². The van der Waals surface area contributed by atoms with Crippen molar-refractivity contribution in [2.45, 2.75) is 46.7 Å². The van der Waals surface area contributed by atoms with E-state index in [1.165, 1.54) is 17.2 Å². The number of furan rings is 1. The van der Waals surface area contributed by atoms with E-state index in [1.807, 2.05) is 27.7 Å². The number of carbonyl (C=O) groups excluding carboxylic acids is 3. The zero-order valence-corrected chi connectivity index (χ0v) is 15.0. The predicted molar refractivity (Wildman–Crippen MR) is 90.3 cm³/mol. The lowest BCUT2D eigenvalue weighted by Gasteiger charge is -2.28. The molecule has 0 saturated heterocycles. The van der Waals surface area contributed by atoms with Gasteiger partial charge >= 0.3 is 0 Å². The summed E-state index contributed by atoms with van der Waals surface area (Å²) in [5.74, 6) is -0.936. The molecule has 0 fully saturated rings. The van der Waals surface area contributed by atoms with E-state index in [1.54, 1.807) is 13.0 Å². The SMILES string of the molecule is CCN(CC(=O)NC(C)C)C(=O)[C@H](NC(=O)c1ccco1)C(C)C. The molecule has 0 spiro atoms. The van der Waals surface area contributed by atoms with Crippen molar-refractivity contribution in [1.29, 1.82) is 0 Å². The van der Waals surface area contributed by atoms with Gasteiger partial charge in [0.05, 0.1) is 12.8 Å². The maximum absolute atomic E-state index is 12.7. The summed E-state index contributed by atoms with van der Waals surface area (Å²) in [5.41, 5.74) is 0. The molecule has 0 unspecified atom stereocenters. The van der Waals surface area contributed by atoms with Crippen molar-refractivity contribution in [3.8, 4) is 0 Å². The number of hydrogen-bond donors (Lipinski definition) is 2. The largest absolute Gasteiger partial charge is 0.459 e. The highest BCUT2D eigenvalue weighted by atomic mass is 16.3. The average Bonchev–Trinajstić information content (AvgIpc) is 3.02. The number of rotatable bonds is 8. The molecule has 7 nitrogen and oxygen atoms in total. The van der Waals surface area contributed by atoms with Gasteiger partial charge in [-0.3, -0.25) is 14.4 Å². The molecule has 3 amide bonds. The first-order valence-electron chi connectivity index (χ1n) is 8.18. The minimum Gasteiger partial charge on any atom is -0.459 e. The van der Waals surface area contributed by atoms with Crippen molar-refractivity contribution in [3.05, 3.63) is 24.2 Å². The highest BCUT2D eigenvalue weighted by Crippen LogP contribution is 2.09. The standard InChI is InChI=1S/C17H27N3O4/c1-6-20(10-14(21)18-12(4)5)17(23)15(11(2)3)19-16(22)13-8-7-9-24-13/h7-9,11-12,15H,6,10H2,1-5H3,(H,18,21)(H,19,22)/t15-/m1/s1. The Labute approximate surface area is 142 Å². The summed E-state index contributed by atoms with van der Waals surface area (Å²) in [4.78, 5) is 38.2. The summed E-state index contributed by atoms with van der Waals surface area (Å²) in [5, 5.41) is 5.45. The van der Waals surface area contributed by atoms with E-state index in [4.69, 9.17) is 4.42 Å². The van der Waals surface area contributed by atoms with Crippen molar-refractivity contribution in [2.24, 2.45) is 5.92 Å². The molecular weight excluding hydrogens is 310 g/mol. The first-order chi connectivity index (χ1) is 11.3. The van der Waals surface area contributed by atoms with Crippen LogP contribution in [0.15, 0.2) is 22.8 Å². The van der Waals surface area contributed by atoms with Gasteiger partial charge in [0.1, 0.15) is 6.04 Å². The molecule has 134 valence electrons. The zero-order chi connectivity index (χ0) is 18.3. The van der Waals surface area contributed by atoms with Gasteiger partial charge in [0, 0.05) is 12.6 Å². The number of nitrogens with one attached hydrogen (secondary N) is 2. The summed E-state index contributed by atoms with van der Waals surface area (Å²) < 4.78 is 5.05. The van der Waals surface area contributed by atoms with Crippen LogP contribution in [0.5, 0.6) is 0 Å². The number of likely N-dealkylation sites (N-methyl/N-ethyl adjacent to an activating group) is 1. The molecule has 0 aliphatic rings. The van der Waals surface area contributed by atoms with Crippen LogP contribution in [0, 0.1) is 5.92 Å². The molecule has 1 aromatic rings. The summed E-state index contributed by atoms with van der Waals surface area (Å²) in [6.07, 6.45) is 1.40. The summed E-state index contributed by atoms with van der Waals surface area (Å²) in [6.45, 7) is 9.54. The van der Waals surface area contributed by atoms with Crippen LogP contribution in [0.4, 0.5) is 0 Å². The van der Waals surface area contributed by atoms with Gasteiger partial charge in [0.2, 0.25) is 11.8 Å². The van der Waals surface area contributed by atoms with Crippen molar-refractivity contribution in [1.82, 2.24) is 15.5 Å². The number of carbonyl (C=O) groups is 3. The van der Waals surface area contributed by atoms with Gasteiger partial charge < -0.3 is 20.0 Å². The van der Waals surface area contributed by atoms with Gasteiger partial charge in [-0.1, -0.05) is 13.8 Å². The van der Waals surface area contributed by atoms with Gasteiger partial charge in [0.25, 0.3) is 5.91 Å². The lowest BCUT2D eigenvalue weighted by molar-refractivity contribution is -0.138. The first-order valence-corrected chi connectivity index (χ1v) is 8.18. The van der Waals surface area contributed by atoms with Gasteiger partial charge in [-0.05, 0) is 38.8 Å². The van der Waals surface area contributed by atoms with Gasteiger partial charge in [-0.2, -0.15) is 0 Å². The van der Waals surface area contributed by atoms with Crippen LogP contribution >= 0.6 is 0 Å². The third kappa shape index (κ3) is 5.72. The minimum atomic E-state index is -0.727. The van der Waals surface area contributed by atoms with Gasteiger partial charge in [-0.15, -0.1) is 0 Å². The van der Waals surface area contributed by atoms with E-state index < -0.39 is 11.9 Å². The molecule has 0 aromatic carbocycles. The maximum atomic E-state index is 12.7. The Kier molecular flexibility index (Phi) is 7.48. The molecule has 0 saturated carbocycles. The molecule has 0 bridgehead atoms. The number of nitrogens with zero attached hydrogens (tertiary/aromatic N) is 1. The Morgan fingerprint density at radius 2 is 1.83 bits per heavy atom. The molecule has 0 radical (unpaired) electrons. The first kappa shape index (κ1) is 19.7. The zero-order valence-electron chi connectivity index (χ0n) is 15.0. The van der Waals surface area contributed by atoms with Crippen LogP contribution in [0.1, 0.15) is 45.2 Å². The Morgan fingerprint density at radius 1 is 1.17 bits per heavy atom. The molecule has 1 atom stereocenters. The maximum Gasteiger partial charge on any atom is 0.287 e. The van der Waals surface area contributed by atoms with E-state index in [2.05, 4.69) is 10.6 Å². The predicted octanol–water partition coefficient (Wildman–Crippen LogP) is 1.41. The molecule has 0 aliphatic heterocycles. The van der Waals surface area contributed by atoms with Crippen molar-refractivity contribution >= 4 is 17.7 Å². The Hall–Kier alpha value is -2.31. The fraction of sp³-hybridized carbons (Fsp3) is 0.588. The van der Waals surface area contributed by atoms with Crippen LogP contribution in [-0.4, -0.2) is 47.8 Å². The fourth-order valence-corrected chi connectivity index (χ4v) is 2.22. The summed E-state index contributed by atoms with van der Waals surface area (Å²) in [7, 11) is 0. The Bertz CT molecular complexity index is 552. The smallest absolute Gasteiger partial charge is 0.287 e. The van der Waals surface area contributed by atoms with E-state index in [0.717, 1.165) is 0 Å². The van der Waals surface area contributed by atoms with Crippen LogP contribution in [-0.2, 0) is 9.59 Å². The van der Waals surface area contributed by atoms with Crippen molar-refractivity contribution < 1.29 is 18.8 Å². The second kappa shape index (κ2) is 9.10. The van der Waals surface area contributed by atoms with Gasteiger partial charge in [0.15, 0.2) is 5.76 Å². The molecule has 1 aromatic heterocycles. The quantitative estimate of drug-likeness (QED) is 0.750. The molecule has 7 heteroatoms. The normalized spacial score (nSPS) is 12.1. The van der Waals surface area contributed by atoms with Gasteiger partial charge in [-0.25, -0.2) is 0 Å². The third-order valence-electron chi connectivity index (χ3n) is 3.44. The van der Waals surface area contributed by atoms with E-state index in [9.17, 15) is 14.4 Å². The Morgan fingerprint density at radius 3 is 2.29 bits per heavy atom. The van der Waals surface area contributed by atoms with Crippen LogP contribution in [0.3, 0.4) is 0 Å². The van der Waals surface area contributed by atoms with Crippen molar-refractivity contribution in [3.63, 3.8) is 0 Å². The molecule has 0 aliphatic carbocycles. The lowest BCUT2D eigenvalue weighted by atomic mass is 10.0. The second-order valence-corrected chi connectivity index (χ2v) is 6.25. The highest BCUT2D eigenvalue weighted by molar-refractivity contribution is 5.96. The Balaban J connectivity index is 2.79. The average molecular weight is 337 g/mol. The van der Waals surface area contributed by atoms with E-state index in [0.29, 0.717) is 6.54 Å². The minimum absolute atomic E-state index is 0.00543. The molecule has 2 N–H and O–H groups in total. The highest BCUT2D eigenvalue weighted by Gasteiger charge is 2.29. The second-order valence-electron chi connectivity index (χ2n) is 6.25. The van der Waals surface area contributed by atoms with E-state index >= 15 is 0 Å². The monoisotopic (exact) mass is 337 g/mol. The van der Waals surface area contributed by atoms with Crippen LogP contribution in [0.25, 0.3) is 0 Å². The fourth-order valence-electron chi connectivity index (χ4n) is 2.22. The number of amides is 3. The molecule has 1 heterocycles. The number of hydrogen-bond acceptors (Lipinski definition) is 4. The topological polar surface area (TPSA) is 91.7 Å². The van der Waals surface area contributed by atoms with Crippen LogP contribution < -0.4 is 10.6 Å². The summed E-state index contributed by atoms with van der Waals surface area (Å²) >= 11 is 0. The summed E-state index contributed by atoms with van der Waals surface area (Å²) in [6, 6.07) is 2.42. The third-order valence-corrected chi connectivity index (χ3v) is 3.44. The molecule has 24 heavy (non-hydrogen) atoms. The van der Waals surface area contributed by atoms with E-state index in [-0.39, 0.29) is 36.1 Å².